The molecule has 2 aliphatic rings. The quantitative estimate of drug-likeness (QED) is 0.899. The molecule has 0 saturated carbocycles. The van der Waals surface area contributed by atoms with Crippen molar-refractivity contribution in [3.05, 3.63) is 24.3 Å². The summed E-state index contributed by atoms with van der Waals surface area (Å²) in [6, 6.07) is 7.87. The number of carbonyl (C=O) groups excluding carboxylic acids is 1. The maximum absolute atomic E-state index is 13.1. The van der Waals surface area contributed by atoms with Crippen LogP contribution in [0.15, 0.2) is 24.3 Å². The van der Waals surface area contributed by atoms with Gasteiger partial charge in [-0.25, -0.2) is 0 Å². The van der Waals surface area contributed by atoms with E-state index in [1.54, 1.807) is 0 Å². The van der Waals surface area contributed by atoms with Gasteiger partial charge in [-0.15, -0.1) is 0 Å². The van der Waals surface area contributed by atoms with Gasteiger partial charge in [0.1, 0.15) is 5.75 Å². The van der Waals surface area contributed by atoms with Crippen molar-refractivity contribution in [2.45, 2.75) is 26.2 Å². The van der Waals surface area contributed by atoms with Crippen molar-refractivity contribution in [1.29, 1.82) is 0 Å². The summed E-state index contributed by atoms with van der Waals surface area (Å²) in [5.74, 6) is 1.08. The van der Waals surface area contributed by atoms with Crippen LogP contribution in [-0.4, -0.2) is 32.1 Å². The zero-order chi connectivity index (χ0) is 14.0. The molecule has 0 aromatic heterocycles. The van der Waals surface area contributed by atoms with Crippen LogP contribution >= 0.6 is 0 Å². The molecule has 3 rings (SSSR count). The van der Waals surface area contributed by atoms with Gasteiger partial charge in [-0.05, 0) is 37.9 Å². The van der Waals surface area contributed by atoms with Gasteiger partial charge in [-0.3, -0.25) is 4.79 Å². The summed E-state index contributed by atoms with van der Waals surface area (Å²) in [6.45, 7) is 5.27. The lowest BCUT2D eigenvalue weighted by Gasteiger charge is -2.32. The minimum atomic E-state index is -0.239. The first-order chi connectivity index (χ1) is 9.77. The smallest absolute Gasteiger partial charge is 0.234 e. The Morgan fingerprint density at radius 1 is 1.45 bits per heavy atom. The number of hydrogen-bond acceptors (Lipinski definition) is 3. The number of anilines is 1. The SMILES string of the molecule is CCC1(C(=O)N2CCCOc3ccccc32)CCNC1. The molecule has 1 unspecified atom stereocenters. The van der Waals surface area contributed by atoms with Crippen molar-refractivity contribution in [3.63, 3.8) is 0 Å². The van der Waals surface area contributed by atoms with Crippen LogP contribution in [0.4, 0.5) is 5.69 Å². The molecule has 20 heavy (non-hydrogen) atoms. The third kappa shape index (κ3) is 2.18. The number of ether oxygens (including phenoxy) is 1. The fraction of sp³-hybridized carbons (Fsp3) is 0.562. The summed E-state index contributed by atoms with van der Waals surface area (Å²) in [5, 5.41) is 3.34. The Bertz CT molecular complexity index is 495. The van der Waals surface area contributed by atoms with E-state index >= 15 is 0 Å². The second kappa shape index (κ2) is 5.44. The molecule has 0 bridgehead atoms. The number of carbonyl (C=O) groups is 1. The van der Waals surface area contributed by atoms with Crippen LogP contribution in [0.2, 0.25) is 0 Å². The van der Waals surface area contributed by atoms with E-state index in [2.05, 4.69) is 12.2 Å². The van der Waals surface area contributed by atoms with E-state index in [1.807, 2.05) is 29.2 Å². The van der Waals surface area contributed by atoms with Crippen LogP contribution in [0, 0.1) is 5.41 Å². The minimum absolute atomic E-state index is 0.239. The maximum atomic E-state index is 13.1. The largest absolute Gasteiger partial charge is 0.491 e. The summed E-state index contributed by atoms with van der Waals surface area (Å²) in [7, 11) is 0. The van der Waals surface area contributed by atoms with Crippen molar-refractivity contribution in [1.82, 2.24) is 5.32 Å². The molecule has 4 heteroatoms. The molecule has 2 aliphatic heterocycles. The number of hydrogen-bond donors (Lipinski definition) is 1. The van der Waals surface area contributed by atoms with E-state index in [1.165, 1.54) is 0 Å². The van der Waals surface area contributed by atoms with Crippen LogP contribution in [0.5, 0.6) is 5.75 Å². The number of fused-ring (bicyclic) bond motifs is 1. The van der Waals surface area contributed by atoms with Gasteiger partial charge in [-0.2, -0.15) is 0 Å². The van der Waals surface area contributed by atoms with Gasteiger partial charge in [0.05, 0.1) is 17.7 Å². The standard InChI is InChI=1S/C16H22N2O2/c1-2-16(8-9-17-12-16)15(19)18-10-5-11-20-14-7-4-3-6-13(14)18/h3-4,6-7,17H,2,5,8-12H2,1H3. The third-order valence-electron chi connectivity index (χ3n) is 4.56. The Labute approximate surface area is 120 Å². The highest BCUT2D eigenvalue weighted by molar-refractivity contribution is 5.99. The second-order valence-electron chi connectivity index (χ2n) is 5.69. The Hall–Kier alpha value is -1.55. The normalized spacial score (nSPS) is 25.8. The van der Waals surface area contributed by atoms with E-state index in [-0.39, 0.29) is 11.3 Å². The molecule has 2 heterocycles. The van der Waals surface area contributed by atoms with Gasteiger partial charge in [0.2, 0.25) is 5.91 Å². The highest BCUT2D eigenvalue weighted by Gasteiger charge is 2.43. The monoisotopic (exact) mass is 274 g/mol. The van der Waals surface area contributed by atoms with Crippen molar-refractivity contribution in [2.75, 3.05) is 31.1 Å². The molecule has 0 radical (unpaired) electrons. The van der Waals surface area contributed by atoms with Gasteiger partial charge in [0.25, 0.3) is 0 Å². The first-order valence-corrected chi connectivity index (χ1v) is 7.51. The van der Waals surface area contributed by atoms with E-state index in [9.17, 15) is 4.79 Å². The van der Waals surface area contributed by atoms with Crippen LogP contribution in [-0.2, 0) is 4.79 Å². The van der Waals surface area contributed by atoms with Crippen molar-refractivity contribution in [3.8, 4) is 5.75 Å². The number of rotatable bonds is 2. The lowest BCUT2D eigenvalue weighted by Crippen LogP contribution is -2.45. The zero-order valence-electron chi connectivity index (χ0n) is 12.0. The highest BCUT2D eigenvalue weighted by Crippen LogP contribution is 2.37. The number of amides is 1. The molecule has 1 amide bonds. The van der Waals surface area contributed by atoms with Gasteiger partial charge >= 0.3 is 0 Å². The average Bonchev–Trinajstić information content (AvgIpc) is 2.88. The molecule has 4 nitrogen and oxygen atoms in total. The van der Waals surface area contributed by atoms with Crippen molar-refractivity contribution >= 4 is 11.6 Å². The second-order valence-corrected chi connectivity index (χ2v) is 5.69. The first-order valence-electron chi connectivity index (χ1n) is 7.51. The van der Waals surface area contributed by atoms with Crippen molar-refractivity contribution in [2.24, 2.45) is 5.41 Å². The fourth-order valence-electron chi connectivity index (χ4n) is 3.20. The Kier molecular flexibility index (Phi) is 3.66. The molecular formula is C16H22N2O2. The molecule has 0 spiro atoms. The zero-order valence-corrected chi connectivity index (χ0v) is 12.0. The average molecular weight is 274 g/mol. The van der Waals surface area contributed by atoms with Crippen LogP contribution in [0.1, 0.15) is 26.2 Å². The first kappa shape index (κ1) is 13.4. The number of nitrogens with one attached hydrogen (secondary N) is 1. The minimum Gasteiger partial charge on any atom is -0.491 e. The molecule has 0 aliphatic carbocycles. The van der Waals surface area contributed by atoms with Gasteiger partial charge in [0, 0.05) is 13.1 Å². The predicted molar refractivity (Wildman–Crippen MR) is 79.1 cm³/mol. The molecule has 1 fully saturated rings. The summed E-state index contributed by atoms with van der Waals surface area (Å²) in [4.78, 5) is 15.0. The number of benzene rings is 1. The van der Waals surface area contributed by atoms with E-state index < -0.39 is 0 Å². The van der Waals surface area contributed by atoms with E-state index in [0.717, 1.165) is 50.3 Å². The fourth-order valence-corrected chi connectivity index (χ4v) is 3.20. The summed E-state index contributed by atoms with van der Waals surface area (Å²) < 4.78 is 5.75. The third-order valence-corrected chi connectivity index (χ3v) is 4.56. The Morgan fingerprint density at radius 2 is 2.30 bits per heavy atom. The van der Waals surface area contributed by atoms with E-state index in [0.29, 0.717) is 6.61 Å². The molecule has 1 aromatic carbocycles. The number of nitrogens with zero attached hydrogens (tertiary/aromatic N) is 1. The molecule has 1 N–H and O–H groups in total. The molecule has 108 valence electrons. The molecular weight excluding hydrogens is 252 g/mol. The maximum Gasteiger partial charge on any atom is 0.234 e. The molecule has 1 atom stereocenters. The summed E-state index contributed by atoms with van der Waals surface area (Å²) >= 11 is 0. The lowest BCUT2D eigenvalue weighted by atomic mass is 9.82. The van der Waals surface area contributed by atoms with Crippen LogP contribution in [0.25, 0.3) is 0 Å². The van der Waals surface area contributed by atoms with Crippen molar-refractivity contribution < 1.29 is 9.53 Å². The number of para-hydroxylation sites is 2. The summed E-state index contributed by atoms with van der Waals surface area (Å²) in [6.07, 6.45) is 2.70. The van der Waals surface area contributed by atoms with Gasteiger partial charge in [0.15, 0.2) is 0 Å². The molecule has 1 aromatic rings. The molecule has 1 saturated heterocycles. The summed E-state index contributed by atoms with van der Waals surface area (Å²) in [5.41, 5.74) is 0.687. The Morgan fingerprint density at radius 3 is 3.05 bits per heavy atom. The van der Waals surface area contributed by atoms with Crippen LogP contribution in [0.3, 0.4) is 0 Å². The predicted octanol–water partition coefficient (Wildman–Crippen LogP) is 2.19. The Balaban J connectivity index is 1.95. The van der Waals surface area contributed by atoms with Gasteiger partial charge < -0.3 is 15.0 Å². The highest BCUT2D eigenvalue weighted by atomic mass is 16.5. The van der Waals surface area contributed by atoms with E-state index in [4.69, 9.17) is 4.74 Å². The topological polar surface area (TPSA) is 41.6 Å². The lowest BCUT2D eigenvalue weighted by molar-refractivity contribution is -0.127. The van der Waals surface area contributed by atoms with Gasteiger partial charge in [-0.1, -0.05) is 19.1 Å². The van der Waals surface area contributed by atoms with Crippen LogP contribution < -0.4 is 15.0 Å².